The number of nitrogens with zero attached hydrogens (tertiary/aromatic N) is 2. The van der Waals surface area contributed by atoms with Crippen LogP contribution in [0, 0.1) is 6.92 Å². The standard InChI is InChI=1S/C18H24ClN3O2/c1-12-14(4-3-5-15(12)19)17(23)20-13-6-10-22(11-7-13)16-8-9-21(2)18(16)24/h3-5,13,16H,6-11H2,1-2H3,(H,20,23). The zero-order valence-electron chi connectivity index (χ0n) is 14.2. The van der Waals surface area contributed by atoms with E-state index < -0.39 is 0 Å². The summed E-state index contributed by atoms with van der Waals surface area (Å²) >= 11 is 6.10. The van der Waals surface area contributed by atoms with E-state index in [9.17, 15) is 9.59 Å². The van der Waals surface area contributed by atoms with E-state index in [1.807, 2.05) is 14.0 Å². The number of rotatable bonds is 3. The van der Waals surface area contributed by atoms with Gasteiger partial charge in [-0.3, -0.25) is 14.5 Å². The van der Waals surface area contributed by atoms with Crippen molar-refractivity contribution in [1.82, 2.24) is 15.1 Å². The molecule has 24 heavy (non-hydrogen) atoms. The summed E-state index contributed by atoms with van der Waals surface area (Å²) in [5.41, 5.74) is 1.45. The number of amides is 2. The lowest BCUT2D eigenvalue weighted by Crippen LogP contribution is -2.50. The summed E-state index contributed by atoms with van der Waals surface area (Å²) in [6, 6.07) is 5.58. The van der Waals surface area contributed by atoms with E-state index >= 15 is 0 Å². The lowest BCUT2D eigenvalue weighted by atomic mass is 10.0. The van der Waals surface area contributed by atoms with Gasteiger partial charge in [-0.05, 0) is 43.9 Å². The van der Waals surface area contributed by atoms with Gasteiger partial charge < -0.3 is 10.2 Å². The van der Waals surface area contributed by atoms with E-state index in [4.69, 9.17) is 11.6 Å². The second-order valence-corrected chi connectivity index (χ2v) is 7.17. The quantitative estimate of drug-likeness (QED) is 0.909. The van der Waals surface area contributed by atoms with Crippen molar-refractivity contribution in [3.8, 4) is 0 Å². The molecule has 1 aromatic carbocycles. The third-order valence-electron chi connectivity index (χ3n) is 5.22. The number of nitrogens with one attached hydrogen (secondary N) is 1. The summed E-state index contributed by atoms with van der Waals surface area (Å²) in [6.45, 7) is 4.41. The summed E-state index contributed by atoms with van der Waals surface area (Å²) in [4.78, 5) is 28.7. The van der Waals surface area contributed by atoms with Crippen LogP contribution in [0.3, 0.4) is 0 Å². The number of hydrogen-bond acceptors (Lipinski definition) is 3. The molecule has 1 aromatic rings. The maximum atomic E-state index is 12.5. The second kappa shape index (κ2) is 7.11. The van der Waals surface area contributed by atoms with Gasteiger partial charge in [-0.15, -0.1) is 0 Å². The number of piperidine rings is 1. The van der Waals surface area contributed by atoms with Crippen LogP contribution >= 0.6 is 11.6 Å². The van der Waals surface area contributed by atoms with Crippen molar-refractivity contribution in [2.45, 2.75) is 38.3 Å². The van der Waals surface area contributed by atoms with Gasteiger partial charge >= 0.3 is 0 Å². The normalized spacial score (nSPS) is 22.9. The van der Waals surface area contributed by atoms with E-state index in [1.165, 1.54) is 0 Å². The smallest absolute Gasteiger partial charge is 0.251 e. The lowest BCUT2D eigenvalue weighted by molar-refractivity contribution is -0.131. The number of likely N-dealkylation sites (N-methyl/N-ethyl adjacent to an activating group) is 1. The monoisotopic (exact) mass is 349 g/mol. The minimum absolute atomic E-state index is 0.0295. The highest BCUT2D eigenvalue weighted by Crippen LogP contribution is 2.22. The molecule has 0 aromatic heterocycles. The Morgan fingerprint density at radius 1 is 1.21 bits per heavy atom. The molecule has 1 N–H and O–H groups in total. The van der Waals surface area contributed by atoms with E-state index in [2.05, 4.69) is 10.2 Å². The fourth-order valence-electron chi connectivity index (χ4n) is 3.61. The van der Waals surface area contributed by atoms with Crippen molar-refractivity contribution in [3.05, 3.63) is 34.3 Å². The maximum Gasteiger partial charge on any atom is 0.251 e. The minimum atomic E-state index is -0.0647. The van der Waals surface area contributed by atoms with Crippen LogP contribution in [0.2, 0.25) is 5.02 Å². The van der Waals surface area contributed by atoms with Gasteiger partial charge in [0.1, 0.15) is 0 Å². The molecule has 2 heterocycles. The van der Waals surface area contributed by atoms with E-state index in [1.54, 1.807) is 23.1 Å². The zero-order valence-corrected chi connectivity index (χ0v) is 15.0. The molecule has 2 saturated heterocycles. The Bertz CT molecular complexity index is 641. The van der Waals surface area contributed by atoms with E-state index in [0.29, 0.717) is 10.6 Å². The fourth-order valence-corrected chi connectivity index (χ4v) is 3.79. The number of hydrogen-bond donors (Lipinski definition) is 1. The van der Waals surface area contributed by atoms with Gasteiger partial charge in [-0.25, -0.2) is 0 Å². The van der Waals surface area contributed by atoms with Gasteiger partial charge in [0.25, 0.3) is 5.91 Å². The van der Waals surface area contributed by atoms with Gasteiger partial charge in [0, 0.05) is 43.3 Å². The lowest BCUT2D eigenvalue weighted by Gasteiger charge is -2.35. The summed E-state index contributed by atoms with van der Waals surface area (Å²) < 4.78 is 0. The van der Waals surface area contributed by atoms with Crippen LogP contribution in [0.5, 0.6) is 0 Å². The molecule has 1 unspecified atom stereocenters. The number of carbonyl (C=O) groups excluding carboxylic acids is 2. The van der Waals surface area contributed by atoms with Crippen LogP contribution < -0.4 is 5.32 Å². The maximum absolute atomic E-state index is 12.5. The molecule has 130 valence electrons. The van der Waals surface area contributed by atoms with Crippen molar-refractivity contribution >= 4 is 23.4 Å². The Morgan fingerprint density at radius 2 is 1.92 bits per heavy atom. The van der Waals surface area contributed by atoms with Gasteiger partial charge in [-0.2, -0.15) is 0 Å². The van der Waals surface area contributed by atoms with E-state index in [0.717, 1.165) is 44.5 Å². The zero-order chi connectivity index (χ0) is 17.3. The number of halogens is 1. The molecule has 2 aliphatic heterocycles. The highest BCUT2D eigenvalue weighted by Gasteiger charge is 2.35. The summed E-state index contributed by atoms with van der Waals surface area (Å²) in [7, 11) is 1.86. The van der Waals surface area contributed by atoms with Crippen molar-refractivity contribution < 1.29 is 9.59 Å². The van der Waals surface area contributed by atoms with Gasteiger partial charge in [0.15, 0.2) is 0 Å². The molecule has 0 saturated carbocycles. The van der Waals surface area contributed by atoms with Crippen LogP contribution in [0.4, 0.5) is 0 Å². The first-order valence-electron chi connectivity index (χ1n) is 8.52. The van der Waals surface area contributed by atoms with Gasteiger partial charge in [0.2, 0.25) is 5.91 Å². The molecule has 0 bridgehead atoms. The highest BCUT2D eigenvalue weighted by atomic mass is 35.5. The molecule has 2 aliphatic rings. The van der Waals surface area contributed by atoms with Crippen molar-refractivity contribution in [2.24, 2.45) is 0 Å². The van der Waals surface area contributed by atoms with Crippen molar-refractivity contribution in [2.75, 3.05) is 26.7 Å². The Labute approximate surface area is 147 Å². The SMILES string of the molecule is Cc1c(Cl)cccc1C(=O)NC1CCN(C2CCN(C)C2=O)CC1. The highest BCUT2D eigenvalue weighted by molar-refractivity contribution is 6.31. The molecule has 0 spiro atoms. The molecule has 5 nitrogen and oxygen atoms in total. The number of benzene rings is 1. The van der Waals surface area contributed by atoms with E-state index in [-0.39, 0.29) is 23.9 Å². The first-order valence-corrected chi connectivity index (χ1v) is 8.90. The van der Waals surface area contributed by atoms with Crippen LogP contribution in [-0.2, 0) is 4.79 Å². The molecule has 1 atom stereocenters. The average molecular weight is 350 g/mol. The Balaban J connectivity index is 1.55. The van der Waals surface area contributed by atoms with Gasteiger partial charge in [0.05, 0.1) is 6.04 Å². The first kappa shape index (κ1) is 17.2. The molecule has 0 radical (unpaired) electrons. The Morgan fingerprint density at radius 3 is 2.54 bits per heavy atom. The van der Waals surface area contributed by atoms with Crippen LogP contribution in [0.15, 0.2) is 18.2 Å². The molecule has 2 fully saturated rings. The van der Waals surface area contributed by atoms with Gasteiger partial charge in [-0.1, -0.05) is 17.7 Å². The Kier molecular flexibility index (Phi) is 5.11. The number of likely N-dealkylation sites (tertiary alicyclic amines) is 2. The summed E-state index contributed by atoms with van der Waals surface area (Å²) in [5, 5.41) is 3.73. The molecular formula is C18H24ClN3O2. The number of carbonyl (C=O) groups is 2. The van der Waals surface area contributed by atoms with Crippen molar-refractivity contribution in [1.29, 1.82) is 0 Å². The third-order valence-corrected chi connectivity index (χ3v) is 5.63. The van der Waals surface area contributed by atoms with Crippen LogP contribution in [0.1, 0.15) is 35.2 Å². The fraction of sp³-hybridized carbons (Fsp3) is 0.556. The first-order chi connectivity index (χ1) is 11.5. The van der Waals surface area contributed by atoms with Crippen molar-refractivity contribution in [3.63, 3.8) is 0 Å². The summed E-state index contributed by atoms with van der Waals surface area (Å²) in [5.74, 6) is 0.164. The third kappa shape index (κ3) is 3.42. The topological polar surface area (TPSA) is 52.7 Å². The molecule has 3 rings (SSSR count). The minimum Gasteiger partial charge on any atom is -0.349 e. The molecular weight excluding hydrogens is 326 g/mol. The average Bonchev–Trinajstić information content (AvgIpc) is 2.90. The predicted octanol–water partition coefficient (Wildman–Crippen LogP) is 2.07. The second-order valence-electron chi connectivity index (χ2n) is 6.76. The molecule has 2 amide bonds. The molecule has 6 heteroatoms. The molecule has 0 aliphatic carbocycles. The van der Waals surface area contributed by atoms with Crippen LogP contribution in [0.25, 0.3) is 0 Å². The Hall–Kier alpha value is -1.59. The summed E-state index contributed by atoms with van der Waals surface area (Å²) in [6.07, 6.45) is 2.66. The van der Waals surface area contributed by atoms with Crippen LogP contribution in [-0.4, -0.2) is 60.4 Å². The predicted molar refractivity (Wildman–Crippen MR) is 94.3 cm³/mol. The largest absolute Gasteiger partial charge is 0.349 e.